The van der Waals surface area contributed by atoms with Crippen LogP contribution in [0.3, 0.4) is 0 Å². The molecule has 0 saturated heterocycles. The van der Waals surface area contributed by atoms with Crippen molar-refractivity contribution in [1.82, 2.24) is 0 Å². The molecule has 0 radical (unpaired) electrons. The number of hydrogen-bond donors (Lipinski definition) is 1. The van der Waals surface area contributed by atoms with Gasteiger partial charge in [-0.1, -0.05) is 35.7 Å². The highest BCUT2D eigenvalue weighted by atomic mass is 79.9. The predicted molar refractivity (Wildman–Crippen MR) is 79.3 cm³/mol. The van der Waals surface area contributed by atoms with E-state index in [1.165, 1.54) is 25.7 Å². The van der Waals surface area contributed by atoms with Crippen molar-refractivity contribution in [2.75, 3.05) is 0 Å². The summed E-state index contributed by atoms with van der Waals surface area (Å²) in [6.45, 7) is 2.33. The monoisotopic (exact) mass is 324 g/mol. The van der Waals surface area contributed by atoms with Gasteiger partial charge in [-0.3, -0.25) is 0 Å². The van der Waals surface area contributed by atoms with E-state index in [-0.39, 0.29) is 12.2 Å². The molecule has 1 aliphatic carbocycles. The lowest BCUT2D eigenvalue weighted by Gasteiger charge is -2.38. The first kappa shape index (κ1) is 13.4. The second-order valence-corrected chi connectivity index (χ2v) is 7.04. The van der Waals surface area contributed by atoms with E-state index in [1.54, 1.807) is 0 Å². The van der Waals surface area contributed by atoms with Gasteiger partial charge in [-0.15, -0.1) is 0 Å². The summed E-state index contributed by atoms with van der Waals surface area (Å²) in [5, 5.41) is 10.4. The van der Waals surface area contributed by atoms with Gasteiger partial charge in [-0.25, -0.2) is 0 Å². The van der Waals surface area contributed by atoms with Crippen LogP contribution in [0.15, 0.2) is 22.7 Å². The van der Waals surface area contributed by atoms with E-state index in [1.807, 2.05) is 18.2 Å². The van der Waals surface area contributed by atoms with Crippen LogP contribution in [0.2, 0.25) is 0 Å². The fourth-order valence-corrected chi connectivity index (χ4v) is 3.93. The van der Waals surface area contributed by atoms with Crippen LogP contribution in [0, 0.1) is 11.8 Å². The van der Waals surface area contributed by atoms with E-state index >= 15 is 0 Å². The molecule has 2 aliphatic rings. The molecule has 1 fully saturated rings. The smallest absolute Gasteiger partial charge is 0.125 e. The SMILES string of the molecule is CC1CCCC(C2C[C@H](O)c3cc(Br)ccc3O2)C1. The Bertz CT molecular complexity index is 460. The van der Waals surface area contributed by atoms with Gasteiger partial charge >= 0.3 is 0 Å². The Hall–Kier alpha value is -0.540. The van der Waals surface area contributed by atoms with E-state index in [0.717, 1.165) is 28.1 Å². The molecule has 3 unspecified atom stereocenters. The van der Waals surface area contributed by atoms with Crippen LogP contribution in [0.5, 0.6) is 5.75 Å². The number of aliphatic hydroxyl groups is 1. The lowest BCUT2D eigenvalue weighted by atomic mass is 9.77. The molecular formula is C16H21BrO2. The summed E-state index contributed by atoms with van der Waals surface area (Å²) in [4.78, 5) is 0. The maximum atomic E-state index is 10.4. The number of ether oxygens (including phenoxy) is 1. The predicted octanol–water partition coefficient (Wildman–Crippen LogP) is 4.46. The number of hydrogen-bond acceptors (Lipinski definition) is 2. The third kappa shape index (κ3) is 2.82. The molecule has 1 heterocycles. The molecule has 1 aliphatic heterocycles. The Balaban J connectivity index is 1.79. The number of halogens is 1. The van der Waals surface area contributed by atoms with Gasteiger partial charge < -0.3 is 9.84 Å². The quantitative estimate of drug-likeness (QED) is 0.826. The zero-order chi connectivity index (χ0) is 13.4. The molecule has 1 N–H and O–H groups in total. The summed E-state index contributed by atoms with van der Waals surface area (Å²) in [5.74, 6) is 2.27. The molecule has 104 valence electrons. The van der Waals surface area contributed by atoms with Gasteiger partial charge in [-0.05, 0) is 42.9 Å². The highest BCUT2D eigenvalue weighted by Gasteiger charge is 2.34. The minimum atomic E-state index is -0.386. The summed E-state index contributed by atoms with van der Waals surface area (Å²) in [6, 6.07) is 5.93. The zero-order valence-electron chi connectivity index (χ0n) is 11.3. The number of benzene rings is 1. The van der Waals surface area contributed by atoms with E-state index in [4.69, 9.17) is 4.74 Å². The molecule has 0 bridgehead atoms. The Morgan fingerprint density at radius 3 is 2.89 bits per heavy atom. The number of fused-ring (bicyclic) bond motifs is 1. The van der Waals surface area contributed by atoms with Crippen LogP contribution in [0.25, 0.3) is 0 Å². The lowest BCUT2D eigenvalue weighted by Crippen LogP contribution is -2.35. The molecule has 19 heavy (non-hydrogen) atoms. The van der Waals surface area contributed by atoms with Crippen LogP contribution < -0.4 is 4.74 Å². The molecule has 3 heteroatoms. The van der Waals surface area contributed by atoms with E-state index < -0.39 is 0 Å². The van der Waals surface area contributed by atoms with Gasteiger partial charge in [0.05, 0.1) is 6.10 Å². The van der Waals surface area contributed by atoms with Gasteiger partial charge in [0.1, 0.15) is 11.9 Å². The average Bonchev–Trinajstić information content (AvgIpc) is 2.39. The first-order chi connectivity index (χ1) is 9.13. The van der Waals surface area contributed by atoms with Crippen molar-refractivity contribution in [2.24, 2.45) is 11.8 Å². The summed E-state index contributed by atoms with van der Waals surface area (Å²) in [5.41, 5.74) is 0.925. The Morgan fingerprint density at radius 1 is 1.26 bits per heavy atom. The Morgan fingerprint density at radius 2 is 2.11 bits per heavy atom. The van der Waals surface area contributed by atoms with Crippen molar-refractivity contribution in [3.63, 3.8) is 0 Å². The maximum Gasteiger partial charge on any atom is 0.125 e. The van der Waals surface area contributed by atoms with E-state index in [0.29, 0.717) is 5.92 Å². The molecule has 0 aromatic heterocycles. The lowest BCUT2D eigenvalue weighted by molar-refractivity contribution is 0.0171. The minimum absolute atomic E-state index is 0.187. The molecule has 4 atom stereocenters. The molecule has 1 aromatic carbocycles. The molecule has 1 aromatic rings. The first-order valence-electron chi connectivity index (χ1n) is 7.27. The Labute approximate surface area is 123 Å². The molecule has 2 nitrogen and oxygen atoms in total. The highest BCUT2D eigenvalue weighted by molar-refractivity contribution is 9.10. The maximum absolute atomic E-state index is 10.4. The van der Waals surface area contributed by atoms with Crippen LogP contribution in [0.4, 0.5) is 0 Å². The van der Waals surface area contributed by atoms with Crippen LogP contribution in [-0.4, -0.2) is 11.2 Å². The van der Waals surface area contributed by atoms with Crippen molar-refractivity contribution in [2.45, 2.75) is 51.2 Å². The van der Waals surface area contributed by atoms with Crippen LogP contribution in [-0.2, 0) is 0 Å². The third-order valence-corrected chi connectivity index (χ3v) is 5.06. The van der Waals surface area contributed by atoms with Gasteiger partial charge in [0, 0.05) is 16.5 Å². The normalized spacial score (nSPS) is 34.5. The van der Waals surface area contributed by atoms with Crippen LogP contribution in [0.1, 0.15) is 50.7 Å². The van der Waals surface area contributed by atoms with Gasteiger partial charge in [0.2, 0.25) is 0 Å². The molecule has 0 amide bonds. The average molecular weight is 325 g/mol. The summed E-state index contributed by atoms with van der Waals surface area (Å²) < 4.78 is 7.16. The van der Waals surface area contributed by atoms with Crippen molar-refractivity contribution in [3.05, 3.63) is 28.2 Å². The second kappa shape index (κ2) is 5.45. The van der Waals surface area contributed by atoms with Gasteiger partial charge in [-0.2, -0.15) is 0 Å². The van der Waals surface area contributed by atoms with E-state index in [9.17, 15) is 5.11 Å². The van der Waals surface area contributed by atoms with Crippen LogP contribution >= 0.6 is 15.9 Å². The van der Waals surface area contributed by atoms with Crippen molar-refractivity contribution >= 4 is 15.9 Å². The van der Waals surface area contributed by atoms with Crippen molar-refractivity contribution in [3.8, 4) is 5.75 Å². The van der Waals surface area contributed by atoms with Gasteiger partial charge in [0.25, 0.3) is 0 Å². The topological polar surface area (TPSA) is 29.5 Å². The number of aliphatic hydroxyl groups excluding tert-OH is 1. The summed E-state index contributed by atoms with van der Waals surface area (Å²) in [7, 11) is 0. The molecular weight excluding hydrogens is 304 g/mol. The van der Waals surface area contributed by atoms with Crippen molar-refractivity contribution in [1.29, 1.82) is 0 Å². The van der Waals surface area contributed by atoms with E-state index in [2.05, 4.69) is 22.9 Å². The summed E-state index contributed by atoms with van der Waals surface area (Å²) >= 11 is 3.45. The summed E-state index contributed by atoms with van der Waals surface area (Å²) in [6.07, 6.45) is 5.66. The number of rotatable bonds is 1. The Kier molecular flexibility index (Phi) is 3.86. The molecule has 3 rings (SSSR count). The standard InChI is InChI=1S/C16H21BrO2/c1-10-3-2-4-11(7-10)16-9-14(18)13-8-12(17)5-6-15(13)19-16/h5-6,8,10-11,14,16,18H,2-4,7,9H2,1H3/t10?,11?,14-,16?/m0/s1. The van der Waals surface area contributed by atoms with Gasteiger partial charge in [0.15, 0.2) is 0 Å². The second-order valence-electron chi connectivity index (χ2n) is 6.12. The zero-order valence-corrected chi connectivity index (χ0v) is 12.9. The fourth-order valence-electron chi connectivity index (χ4n) is 3.55. The third-order valence-electron chi connectivity index (χ3n) is 4.57. The molecule has 1 saturated carbocycles. The minimum Gasteiger partial charge on any atom is -0.490 e. The van der Waals surface area contributed by atoms with Crippen molar-refractivity contribution < 1.29 is 9.84 Å². The highest BCUT2D eigenvalue weighted by Crippen LogP contribution is 2.42. The first-order valence-corrected chi connectivity index (χ1v) is 8.07. The fraction of sp³-hybridized carbons (Fsp3) is 0.625. The molecule has 0 spiro atoms. The largest absolute Gasteiger partial charge is 0.490 e.